The van der Waals surface area contributed by atoms with Gasteiger partial charge in [-0.1, -0.05) is 70.5 Å². The zero-order chi connectivity index (χ0) is 20.1. The zero-order valence-corrected chi connectivity index (χ0v) is 16.4. The van der Waals surface area contributed by atoms with Crippen LogP contribution in [0.5, 0.6) is 5.75 Å². The molecule has 1 atom stereocenters. The third-order valence-electron chi connectivity index (χ3n) is 4.31. The molecule has 0 aromatic heterocycles. The maximum atomic E-state index is 12.4. The Bertz CT molecular complexity index is 987. The van der Waals surface area contributed by atoms with Crippen LogP contribution >= 0.6 is 15.9 Å². The predicted octanol–water partition coefficient (Wildman–Crippen LogP) is 4.25. The summed E-state index contributed by atoms with van der Waals surface area (Å²) in [5, 5.41) is 21.8. The summed E-state index contributed by atoms with van der Waals surface area (Å²) in [6.07, 6.45) is 0.130. The molecular formula is C22H18BrNO4. The summed E-state index contributed by atoms with van der Waals surface area (Å²) in [6.45, 7) is 0. The molecular weight excluding hydrogens is 422 g/mol. The van der Waals surface area contributed by atoms with Crippen LogP contribution in [0.25, 0.3) is 11.1 Å². The van der Waals surface area contributed by atoms with Crippen LogP contribution in [-0.4, -0.2) is 28.1 Å². The Morgan fingerprint density at radius 3 is 2.21 bits per heavy atom. The van der Waals surface area contributed by atoms with Gasteiger partial charge < -0.3 is 15.5 Å². The maximum Gasteiger partial charge on any atom is 0.326 e. The van der Waals surface area contributed by atoms with E-state index in [4.69, 9.17) is 0 Å². The van der Waals surface area contributed by atoms with Crippen molar-refractivity contribution >= 4 is 27.8 Å². The van der Waals surface area contributed by atoms with Gasteiger partial charge in [-0.15, -0.1) is 0 Å². The molecule has 3 aromatic carbocycles. The number of halogens is 1. The number of hydrogen-bond donors (Lipinski definition) is 3. The van der Waals surface area contributed by atoms with Crippen LogP contribution < -0.4 is 5.32 Å². The number of aliphatic carboxylic acids is 1. The molecule has 3 N–H and O–H groups in total. The normalized spacial score (nSPS) is 11.6. The van der Waals surface area contributed by atoms with E-state index in [0.29, 0.717) is 4.47 Å². The van der Waals surface area contributed by atoms with Gasteiger partial charge >= 0.3 is 5.97 Å². The lowest BCUT2D eigenvalue weighted by Crippen LogP contribution is -2.42. The Morgan fingerprint density at radius 2 is 1.57 bits per heavy atom. The molecule has 1 unspecified atom stereocenters. The number of amides is 1. The second kappa shape index (κ2) is 8.71. The largest absolute Gasteiger partial charge is 0.507 e. The average Bonchev–Trinajstić information content (AvgIpc) is 2.70. The van der Waals surface area contributed by atoms with Gasteiger partial charge in [-0.25, -0.2) is 4.79 Å². The summed E-state index contributed by atoms with van der Waals surface area (Å²) in [7, 11) is 0. The minimum Gasteiger partial charge on any atom is -0.507 e. The minimum atomic E-state index is -1.14. The topological polar surface area (TPSA) is 86.6 Å². The van der Waals surface area contributed by atoms with Crippen molar-refractivity contribution in [3.8, 4) is 16.9 Å². The van der Waals surface area contributed by atoms with Crippen molar-refractivity contribution in [1.29, 1.82) is 0 Å². The molecule has 0 heterocycles. The predicted molar refractivity (Wildman–Crippen MR) is 110 cm³/mol. The monoisotopic (exact) mass is 439 g/mol. The van der Waals surface area contributed by atoms with Crippen molar-refractivity contribution in [1.82, 2.24) is 5.32 Å². The number of rotatable bonds is 6. The van der Waals surface area contributed by atoms with Crippen molar-refractivity contribution in [2.24, 2.45) is 0 Å². The van der Waals surface area contributed by atoms with E-state index in [2.05, 4.69) is 21.2 Å². The molecule has 6 heteroatoms. The lowest BCUT2D eigenvalue weighted by atomic mass is 10.0. The quantitative estimate of drug-likeness (QED) is 0.535. The summed E-state index contributed by atoms with van der Waals surface area (Å²) < 4.78 is 0.610. The highest BCUT2D eigenvalue weighted by Crippen LogP contribution is 2.22. The maximum absolute atomic E-state index is 12.4. The van der Waals surface area contributed by atoms with Gasteiger partial charge in [0.15, 0.2) is 0 Å². The number of carbonyl (C=O) groups excluding carboxylic acids is 1. The molecule has 142 valence electrons. The van der Waals surface area contributed by atoms with Gasteiger partial charge in [-0.2, -0.15) is 0 Å². The Morgan fingerprint density at radius 1 is 0.929 bits per heavy atom. The molecule has 0 aliphatic carbocycles. The van der Waals surface area contributed by atoms with E-state index in [1.807, 2.05) is 54.6 Å². The van der Waals surface area contributed by atoms with Crippen LogP contribution in [0.3, 0.4) is 0 Å². The standard InChI is InChI=1S/C22H18BrNO4/c23-17-10-11-20(25)18(13-17)21(26)24-19(22(27)28)12-14-6-8-16(9-7-14)15-4-2-1-3-5-15/h1-11,13,19,25H,12H2,(H,24,26)(H,27,28). The van der Waals surface area contributed by atoms with Gasteiger partial charge in [0.25, 0.3) is 5.91 Å². The summed E-state index contributed by atoms with van der Waals surface area (Å²) in [5.41, 5.74) is 2.90. The van der Waals surface area contributed by atoms with E-state index in [-0.39, 0.29) is 17.7 Å². The van der Waals surface area contributed by atoms with E-state index in [0.717, 1.165) is 16.7 Å². The number of benzene rings is 3. The zero-order valence-electron chi connectivity index (χ0n) is 14.8. The number of carboxylic acids is 1. The molecule has 0 spiro atoms. The SMILES string of the molecule is O=C(NC(Cc1ccc(-c2ccccc2)cc1)C(=O)O)c1cc(Br)ccc1O. The second-order valence-corrected chi connectivity index (χ2v) is 7.21. The molecule has 0 radical (unpaired) electrons. The Balaban J connectivity index is 1.73. The highest BCUT2D eigenvalue weighted by atomic mass is 79.9. The van der Waals surface area contributed by atoms with Gasteiger partial charge in [0.2, 0.25) is 0 Å². The first-order valence-corrected chi connectivity index (χ1v) is 9.40. The van der Waals surface area contributed by atoms with Gasteiger partial charge in [-0.3, -0.25) is 4.79 Å². The summed E-state index contributed by atoms with van der Waals surface area (Å²) in [6, 6.07) is 20.7. The Labute approximate surface area is 170 Å². The number of phenolic OH excluding ortho intramolecular Hbond substituents is 1. The lowest BCUT2D eigenvalue weighted by Gasteiger charge is -2.15. The van der Waals surface area contributed by atoms with E-state index in [1.54, 1.807) is 6.07 Å². The van der Waals surface area contributed by atoms with Crippen molar-refractivity contribution in [3.05, 3.63) is 88.4 Å². The third kappa shape index (κ3) is 4.78. The highest BCUT2D eigenvalue weighted by Gasteiger charge is 2.22. The Hall–Kier alpha value is -3.12. The van der Waals surface area contributed by atoms with Crippen LogP contribution in [-0.2, 0) is 11.2 Å². The van der Waals surface area contributed by atoms with Gasteiger partial charge in [0.05, 0.1) is 5.56 Å². The number of aromatic hydroxyl groups is 1. The molecule has 1 amide bonds. The van der Waals surface area contributed by atoms with Crippen molar-refractivity contribution in [2.75, 3.05) is 0 Å². The van der Waals surface area contributed by atoms with Gasteiger partial charge in [0.1, 0.15) is 11.8 Å². The van der Waals surface area contributed by atoms with Crippen LogP contribution in [0.4, 0.5) is 0 Å². The lowest BCUT2D eigenvalue weighted by molar-refractivity contribution is -0.139. The molecule has 0 aliphatic heterocycles. The van der Waals surface area contributed by atoms with Crippen molar-refractivity contribution < 1.29 is 19.8 Å². The molecule has 0 bridgehead atoms. The molecule has 0 saturated carbocycles. The fourth-order valence-electron chi connectivity index (χ4n) is 2.83. The van der Waals surface area contributed by atoms with Crippen molar-refractivity contribution in [2.45, 2.75) is 12.5 Å². The second-order valence-electron chi connectivity index (χ2n) is 6.29. The summed E-state index contributed by atoms with van der Waals surface area (Å²) in [5.74, 6) is -2.00. The van der Waals surface area contributed by atoms with Crippen LogP contribution in [0.1, 0.15) is 15.9 Å². The Kier molecular flexibility index (Phi) is 6.11. The number of nitrogens with one attached hydrogen (secondary N) is 1. The molecule has 0 fully saturated rings. The molecule has 0 saturated heterocycles. The number of hydrogen-bond acceptors (Lipinski definition) is 3. The first-order chi connectivity index (χ1) is 13.4. The fourth-order valence-corrected chi connectivity index (χ4v) is 3.19. The van der Waals surface area contributed by atoms with Gasteiger partial charge in [-0.05, 0) is 34.9 Å². The van der Waals surface area contributed by atoms with Crippen LogP contribution in [0.2, 0.25) is 0 Å². The van der Waals surface area contributed by atoms with Gasteiger partial charge in [0, 0.05) is 10.9 Å². The highest BCUT2D eigenvalue weighted by molar-refractivity contribution is 9.10. The summed E-state index contributed by atoms with van der Waals surface area (Å²) in [4.78, 5) is 24.0. The molecule has 5 nitrogen and oxygen atoms in total. The van der Waals surface area contributed by atoms with E-state index in [1.165, 1.54) is 12.1 Å². The van der Waals surface area contributed by atoms with E-state index >= 15 is 0 Å². The summed E-state index contributed by atoms with van der Waals surface area (Å²) >= 11 is 3.23. The fraction of sp³-hybridized carbons (Fsp3) is 0.0909. The smallest absolute Gasteiger partial charge is 0.326 e. The molecule has 28 heavy (non-hydrogen) atoms. The van der Waals surface area contributed by atoms with E-state index < -0.39 is 17.9 Å². The number of phenols is 1. The van der Waals surface area contributed by atoms with Crippen molar-refractivity contribution in [3.63, 3.8) is 0 Å². The molecule has 0 aliphatic rings. The molecule has 3 rings (SSSR count). The van der Waals surface area contributed by atoms with Crippen LogP contribution in [0.15, 0.2) is 77.3 Å². The first kappa shape index (κ1) is 19.6. The number of carbonyl (C=O) groups is 2. The number of carboxylic acid groups (broad SMARTS) is 1. The van der Waals surface area contributed by atoms with E-state index in [9.17, 15) is 19.8 Å². The average molecular weight is 440 g/mol. The minimum absolute atomic E-state index is 0.0139. The first-order valence-electron chi connectivity index (χ1n) is 8.60. The van der Waals surface area contributed by atoms with Crippen LogP contribution in [0, 0.1) is 0 Å². The third-order valence-corrected chi connectivity index (χ3v) is 4.80. The molecule has 3 aromatic rings.